The average molecular weight is 480 g/mol. The van der Waals surface area contributed by atoms with E-state index in [1.807, 2.05) is 12.1 Å². The number of carbonyl (C=O) groups is 1. The molecule has 2 aliphatic rings. The molecular weight excluding hydrogens is 453 g/mol. The van der Waals surface area contributed by atoms with Crippen molar-refractivity contribution in [3.8, 4) is 17.2 Å². The van der Waals surface area contributed by atoms with Crippen molar-refractivity contribution in [2.24, 2.45) is 5.92 Å². The highest BCUT2D eigenvalue weighted by Gasteiger charge is 2.34. The van der Waals surface area contributed by atoms with Gasteiger partial charge in [0.15, 0.2) is 17.6 Å². The second-order valence-corrected chi connectivity index (χ2v) is 8.64. The van der Waals surface area contributed by atoms with Gasteiger partial charge in [-0.3, -0.25) is 0 Å². The second kappa shape index (κ2) is 10.3. The van der Waals surface area contributed by atoms with Gasteiger partial charge in [-0.2, -0.15) is 0 Å². The Hall–Kier alpha value is -3.62. The topological polar surface area (TPSA) is 77.5 Å². The van der Waals surface area contributed by atoms with Gasteiger partial charge in [0, 0.05) is 25.1 Å². The Morgan fingerprint density at radius 3 is 2.63 bits per heavy atom. The Balaban J connectivity index is 1.28. The molecule has 2 heterocycles. The number of aliphatic hydroxyl groups excluding tert-OH is 1. The maximum Gasteiger partial charge on any atom is 0.358 e. The Morgan fingerprint density at radius 1 is 1.06 bits per heavy atom. The number of benzene rings is 3. The lowest BCUT2D eigenvalue weighted by atomic mass is 9.81. The molecule has 0 aromatic heterocycles. The molecular formula is C27H26FNO6. The van der Waals surface area contributed by atoms with Crippen molar-refractivity contribution in [3.05, 3.63) is 89.7 Å². The summed E-state index contributed by atoms with van der Waals surface area (Å²) in [4.78, 5) is 18.1. The van der Waals surface area contributed by atoms with Crippen LogP contribution in [0.25, 0.3) is 0 Å². The summed E-state index contributed by atoms with van der Waals surface area (Å²) in [6, 6.07) is 20.5. The van der Waals surface area contributed by atoms with E-state index in [0.29, 0.717) is 48.9 Å². The fourth-order valence-electron chi connectivity index (χ4n) is 4.52. The highest BCUT2D eigenvalue weighted by atomic mass is 19.1. The van der Waals surface area contributed by atoms with Gasteiger partial charge in [-0.1, -0.05) is 42.5 Å². The van der Waals surface area contributed by atoms with Crippen molar-refractivity contribution in [2.45, 2.75) is 18.4 Å². The van der Waals surface area contributed by atoms with Gasteiger partial charge in [0.2, 0.25) is 6.79 Å². The minimum absolute atomic E-state index is 0.0543. The number of hydrogen-bond acceptors (Lipinski definition) is 7. The molecule has 2 aliphatic heterocycles. The Morgan fingerprint density at radius 2 is 1.83 bits per heavy atom. The lowest BCUT2D eigenvalue weighted by molar-refractivity contribution is -0.210. The van der Waals surface area contributed by atoms with Crippen molar-refractivity contribution in [3.63, 3.8) is 0 Å². The summed E-state index contributed by atoms with van der Waals surface area (Å²) in [5.74, 6) is 0.955. The van der Waals surface area contributed by atoms with Crippen LogP contribution in [0.1, 0.15) is 29.6 Å². The summed E-state index contributed by atoms with van der Waals surface area (Å²) in [6.07, 6.45) is -0.690. The zero-order valence-electron chi connectivity index (χ0n) is 19.0. The highest BCUT2D eigenvalue weighted by molar-refractivity contribution is 5.75. The molecule has 5 rings (SSSR count). The predicted octanol–water partition coefficient (Wildman–Crippen LogP) is 4.23. The van der Waals surface area contributed by atoms with Crippen LogP contribution in [0.5, 0.6) is 17.2 Å². The van der Waals surface area contributed by atoms with Crippen LogP contribution in [0, 0.1) is 11.7 Å². The summed E-state index contributed by atoms with van der Waals surface area (Å²) in [5, 5.41) is 12.0. The van der Waals surface area contributed by atoms with E-state index < -0.39 is 12.1 Å². The van der Waals surface area contributed by atoms with Gasteiger partial charge < -0.3 is 24.2 Å². The maximum atomic E-state index is 13.5. The minimum atomic E-state index is -1.37. The maximum absolute atomic E-state index is 13.5. The lowest BCUT2D eigenvalue weighted by Crippen LogP contribution is -2.43. The molecule has 3 aromatic carbocycles. The quantitative estimate of drug-likeness (QED) is 0.543. The summed E-state index contributed by atoms with van der Waals surface area (Å²) < 4.78 is 30.4. The fourth-order valence-corrected chi connectivity index (χ4v) is 4.52. The van der Waals surface area contributed by atoms with E-state index in [1.54, 1.807) is 53.6 Å². The van der Waals surface area contributed by atoms with Crippen molar-refractivity contribution >= 4 is 5.97 Å². The summed E-state index contributed by atoms with van der Waals surface area (Å²) >= 11 is 0. The first-order valence-corrected chi connectivity index (χ1v) is 11.5. The smallest absolute Gasteiger partial charge is 0.358 e. The molecule has 182 valence electrons. The monoisotopic (exact) mass is 479 g/mol. The van der Waals surface area contributed by atoms with Gasteiger partial charge in [0.05, 0.1) is 6.61 Å². The second-order valence-electron chi connectivity index (χ2n) is 8.64. The minimum Gasteiger partial charge on any atom is -0.493 e. The number of nitrogens with zero attached hydrogens (tertiary/aromatic N) is 1. The molecule has 0 radical (unpaired) electrons. The third-order valence-corrected chi connectivity index (χ3v) is 6.36. The molecule has 1 unspecified atom stereocenters. The van der Waals surface area contributed by atoms with Gasteiger partial charge in [0.1, 0.15) is 11.6 Å². The number of hydroxylamine groups is 2. The number of rotatable bonds is 7. The molecule has 0 aliphatic carbocycles. The van der Waals surface area contributed by atoms with E-state index in [1.165, 1.54) is 12.1 Å². The van der Waals surface area contributed by atoms with Crippen molar-refractivity contribution in [1.29, 1.82) is 0 Å². The largest absolute Gasteiger partial charge is 0.493 e. The normalized spacial score (nSPS) is 20.3. The van der Waals surface area contributed by atoms with Crippen LogP contribution in [-0.2, 0) is 9.63 Å². The van der Waals surface area contributed by atoms with E-state index in [4.69, 9.17) is 19.0 Å². The summed E-state index contributed by atoms with van der Waals surface area (Å²) in [6.45, 7) is 1.41. The Kier molecular flexibility index (Phi) is 6.83. The first-order valence-electron chi connectivity index (χ1n) is 11.5. The first kappa shape index (κ1) is 23.1. The lowest BCUT2D eigenvalue weighted by Gasteiger charge is -2.37. The number of piperidine rings is 1. The summed E-state index contributed by atoms with van der Waals surface area (Å²) in [7, 11) is 0. The molecule has 0 bridgehead atoms. The SMILES string of the molecule is O=C(ON1CC[C@@H](c2ccc(F)cc2)[C@H](COc2ccc3c(c2)OCO3)C1)C(O)c1ccccc1. The Labute approximate surface area is 202 Å². The summed E-state index contributed by atoms with van der Waals surface area (Å²) in [5.41, 5.74) is 1.47. The van der Waals surface area contributed by atoms with Crippen molar-refractivity contribution in [1.82, 2.24) is 5.06 Å². The zero-order chi connectivity index (χ0) is 24.2. The van der Waals surface area contributed by atoms with E-state index >= 15 is 0 Å². The van der Waals surface area contributed by atoms with E-state index in [-0.39, 0.29) is 24.4 Å². The molecule has 0 amide bonds. The molecule has 1 fully saturated rings. The molecule has 8 heteroatoms. The van der Waals surface area contributed by atoms with E-state index in [9.17, 15) is 14.3 Å². The number of halogens is 1. The van der Waals surface area contributed by atoms with Crippen LogP contribution < -0.4 is 14.2 Å². The van der Waals surface area contributed by atoms with Crippen LogP contribution in [-0.4, -0.2) is 42.6 Å². The van der Waals surface area contributed by atoms with Crippen LogP contribution in [0.4, 0.5) is 4.39 Å². The van der Waals surface area contributed by atoms with Crippen LogP contribution >= 0.6 is 0 Å². The van der Waals surface area contributed by atoms with Gasteiger partial charge >= 0.3 is 5.97 Å². The molecule has 1 N–H and O–H groups in total. The average Bonchev–Trinajstić information content (AvgIpc) is 3.36. The first-order chi connectivity index (χ1) is 17.1. The molecule has 0 spiro atoms. The van der Waals surface area contributed by atoms with Crippen LogP contribution in [0.2, 0.25) is 0 Å². The van der Waals surface area contributed by atoms with Gasteiger partial charge in [-0.15, -0.1) is 5.06 Å². The van der Waals surface area contributed by atoms with Gasteiger partial charge in [-0.05, 0) is 47.7 Å². The third kappa shape index (κ3) is 5.39. The van der Waals surface area contributed by atoms with Gasteiger partial charge in [0.25, 0.3) is 0 Å². The standard InChI is InChI=1S/C27H26FNO6/c28-21-8-6-18(7-9-21)23-12-13-29(35-27(31)26(30)19-4-2-1-3-5-19)15-20(23)16-32-22-10-11-24-25(14-22)34-17-33-24/h1-11,14,20,23,26,30H,12-13,15-17H2/t20-,23-,26?/m0/s1. The Bertz CT molecular complexity index is 1160. The van der Waals surface area contributed by atoms with E-state index in [2.05, 4.69) is 0 Å². The van der Waals surface area contributed by atoms with Crippen molar-refractivity contribution < 1.29 is 33.3 Å². The predicted molar refractivity (Wildman–Crippen MR) is 124 cm³/mol. The number of aliphatic hydroxyl groups is 1. The molecule has 1 saturated heterocycles. The van der Waals surface area contributed by atoms with Gasteiger partial charge in [-0.25, -0.2) is 9.18 Å². The fraction of sp³-hybridized carbons (Fsp3) is 0.296. The van der Waals surface area contributed by atoms with Crippen molar-refractivity contribution in [2.75, 3.05) is 26.5 Å². The number of hydrogen-bond donors (Lipinski definition) is 1. The zero-order valence-corrected chi connectivity index (χ0v) is 19.0. The highest BCUT2D eigenvalue weighted by Crippen LogP contribution is 2.37. The van der Waals surface area contributed by atoms with Crippen LogP contribution in [0.15, 0.2) is 72.8 Å². The molecule has 0 saturated carbocycles. The number of ether oxygens (including phenoxy) is 3. The van der Waals surface area contributed by atoms with Crippen LogP contribution in [0.3, 0.4) is 0 Å². The molecule has 7 nitrogen and oxygen atoms in total. The molecule has 3 aromatic rings. The third-order valence-electron chi connectivity index (χ3n) is 6.36. The molecule has 35 heavy (non-hydrogen) atoms. The number of fused-ring (bicyclic) bond motifs is 1. The number of carbonyl (C=O) groups excluding carboxylic acids is 1. The van der Waals surface area contributed by atoms with E-state index in [0.717, 1.165) is 5.56 Å². The molecule has 3 atom stereocenters.